The summed E-state index contributed by atoms with van der Waals surface area (Å²) in [4.78, 5) is 13.5. The monoisotopic (exact) mass is 306 g/mol. The normalized spacial score (nSPS) is 18.5. The Morgan fingerprint density at radius 1 is 1.43 bits per heavy atom. The van der Waals surface area contributed by atoms with Crippen molar-refractivity contribution in [2.75, 3.05) is 31.1 Å². The second-order valence-electron chi connectivity index (χ2n) is 5.62. The fourth-order valence-electron chi connectivity index (χ4n) is 2.99. The Morgan fingerprint density at radius 3 is 3.00 bits per heavy atom. The number of nitrogens with one attached hydrogen (secondary N) is 1. The van der Waals surface area contributed by atoms with Gasteiger partial charge in [0.05, 0.1) is 12.0 Å². The van der Waals surface area contributed by atoms with Gasteiger partial charge in [-0.05, 0) is 38.8 Å². The van der Waals surface area contributed by atoms with Crippen LogP contribution in [0.5, 0.6) is 0 Å². The molecule has 2 aromatic heterocycles. The van der Waals surface area contributed by atoms with Gasteiger partial charge >= 0.3 is 0 Å². The van der Waals surface area contributed by atoms with E-state index < -0.39 is 0 Å². The van der Waals surface area contributed by atoms with Crippen LogP contribution in [0.1, 0.15) is 23.3 Å². The van der Waals surface area contributed by atoms with Gasteiger partial charge in [0, 0.05) is 24.0 Å². The van der Waals surface area contributed by atoms with Gasteiger partial charge in [-0.25, -0.2) is 9.97 Å². The summed E-state index contributed by atoms with van der Waals surface area (Å²) in [7, 11) is 0. The molecule has 5 nitrogen and oxygen atoms in total. The summed E-state index contributed by atoms with van der Waals surface area (Å²) in [5.41, 5.74) is 1.26. The quantitative estimate of drug-likeness (QED) is 0.883. The summed E-state index contributed by atoms with van der Waals surface area (Å²) >= 11 is 1.72. The summed E-state index contributed by atoms with van der Waals surface area (Å²) in [6.45, 7) is 6.99. The van der Waals surface area contributed by atoms with Crippen LogP contribution in [0.2, 0.25) is 0 Å². The molecule has 1 fully saturated rings. The standard InChI is InChI=1S/C15H22N4OS/c1-10-11(2)21-15-13(10)14(17-9-18-15)19(6-7-20)8-12-4-3-5-16-12/h9,12,16,20H,3-8H2,1-2H3. The molecule has 1 saturated heterocycles. The van der Waals surface area contributed by atoms with Crippen LogP contribution in [0.25, 0.3) is 10.2 Å². The molecule has 6 heteroatoms. The first-order valence-electron chi connectivity index (χ1n) is 7.50. The second kappa shape index (κ2) is 6.25. The minimum atomic E-state index is 0.139. The molecular weight excluding hydrogens is 284 g/mol. The molecule has 3 rings (SSSR count). The second-order valence-corrected chi connectivity index (χ2v) is 6.83. The highest BCUT2D eigenvalue weighted by molar-refractivity contribution is 7.18. The highest BCUT2D eigenvalue weighted by atomic mass is 32.1. The Bertz CT molecular complexity index is 621. The molecule has 2 aromatic rings. The van der Waals surface area contributed by atoms with Crippen LogP contribution in [-0.2, 0) is 0 Å². The van der Waals surface area contributed by atoms with Crippen molar-refractivity contribution in [1.29, 1.82) is 0 Å². The summed E-state index contributed by atoms with van der Waals surface area (Å²) in [5.74, 6) is 0.963. The highest BCUT2D eigenvalue weighted by Gasteiger charge is 2.22. The molecule has 0 aliphatic carbocycles. The van der Waals surface area contributed by atoms with E-state index in [-0.39, 0.29) is 6.61 Å². The molecule has 1 atom stereocenters. The Labute approximate surface area is 129 Å². The molecule has 1 aliphatic heterocycles. The van der Waals surface area contributed by atoms with Gasteiger partial charge in [0.15, 0.2) is 0 Å². The number of rotatable bonds is 5. The maximum Gasteiger partial charge on any atom is 0.141 e. The van der Waals surface area contributed by atoms with Gasteiger partial charge in [0.25, 0.3) is 0 Å². The predicted molar refractivity (Wildman–Crippen MR) is 87.2 cm³/mol. The zero-order valence-electron chi connectivity index (χ0n) is 12.6. The van der Waals surface area contributed by atoms with E-state index in [2.05, 4.69) is 34.0 Å². The van der Waals surface area contributed by atoms with Crippen molar-refractivity contribution in [3.63, 3.8) is 0 Å². The average molecular weight is 306 g/mol. The number of aromatic nitrogens is 2. The van der Waals surface area contributed by atoms with Crippen LogP contribution < -0.4 is 10.2 Å². The zero-order valence-corrected chi connectivity index (χ0v) is 13.4. The van der Waals surface area contributed by atoms with E-state index in [9.17, 15) is 5.11 Å². The molecule has 1 aliphatic rings. The van der Waals surface area contributed by atoms with E-state index in [0.29, 0.717) is 12.6 Å². The maximum atomic E-state index is 9.42. The summed E-state index contributed by atoms with van der Waals surface area (Å²) in [6.07, 6.45) is 4.06. The summed E-state index contributed by atoms with van der Waals surface area (Å²) in [6, 6.07) is 0.488. The van der Waals surface area contributed by atoms with Crippen LogP contribution in [-0.4, -0.2) is 47.4 Å². The Morgan fingerprint density at radius 2 is 2.29 bits per heavy atom. The zero-order chi connectivity index (χ0) is 14.8. The third-order valence-corrected chi connectivity index (χ3v) is 5.33. The van der Waals surface area contributed by atoms with Crippen molar-refractivity contribution >= 4 is 27.4 Å². The number of fused-ring (bicyclic) bond motifs is 1. The van der Waals surface area contributed by atoms with E-state index in [1.54, 1.807) is 17.7 Å². The Kier molecular flexibility index (Phi) is 4.37. The van der Waals surface area contributed by atoms with Crippen LogP contribution in [0.4, 0.5) is 5.82 Å². The van der Waals surface area contributed by atoms with Crippen molar-refractivity contribution in [2.45, 2.75) is 32.7 Å². The number of thiophene rings is 1. The van der Waals surface area contributed by atoms with Crippen molar-refractivity contribution in [2.24, 2.45) is 0 Å². The average Bonchev–Trinajstić information content (AvgIpc) is 3.08. The number of aliphatic hydroxyl groups excluding tert-OH is 1. The minimum absolute atomic E-state index is 0.139. The van der Waals surface area contributed by atoms with Crippen LogP contribution in [0, 0.1) is 13.8 Å². The van der Waals surface area contributed by atoms with E-state index in [1.807, 2.05) is 0 Å². The van der Waals surface area contributed by atoms with Gasteiger partial charge in [-0.2, -0.15) is 0 Å². The lowest BCUT2D eigenvalue weighted by molar-refractivity contribution is 0.300. The molecule has 0 aromatic carbocycles. The van der Waals surface area contributed by atoms with Crippen molar-refractivity contribution in [1.82, 2.24) is 15.3 Å². The van der Waals surface area contributed by atoms with Crippen LogP contribution in [0.3, 0.4) is 0 Å². The topological polar surface area (TPSA) is 61.3 Å². The molecule has 0 saturated carbocycles. The number of nitrogens with zero attached hydrogens (tertiary/aromatic N) is 3. The van der Waals surface area contributed by atoms with Crippen LogP contribution >= 0.6 is 11.3 Å². The molecule has 114 valence electrons. The molecule has 3 heterocycles. The number of hydrogen-bond acceptors (Lipinski definition) is 6. The lowest BCUT2D eigenvalue weighted by atomic mass is 10.1. The largest absolute Gasteiger partial charge is 0.395 e. The Hall–Kier alpha value is -1.24. The van der Waals surface area contributed by atoms with Crippen LogP contribution in [0.15, 0.2) is 6.33 Å². The van der Waals surface area contributed by atoms with Gasteiger partial charge in [0.2, 0.25) is 0 Å². The van der Waals surface area contributed by atoms with Crippen molar-refractivity contribution in [3.8, 4) is 0 Å². The molecule has 1 unspecified atom stereocenters. The summed E-state index contributed by atoms with van der Waals surface area (Å²) < 4.78 is 0. The van der Waals surface area contributed by atoms with E-state index in [1.165, 1.54) is 23.3 Å². The van der Waals surface area contributed by atoms with E-state index >= 15 is 0 Å². The molecule has 0 amide bonds. The van der Waals surface area contributed by atoms with E-state index in [4.69, 9.17) is 0 Å². The SMILES string of the molecule is Cc1sc2ncnc(N(CCO)CC3CCCN3)c2c1C. The van der Waals surface area contributed by atoms with Crippen molar-refractivity contribution in [3.05, 3.63) is 16.8 Å². The third kappa shape index (κ3) is 2.88. The number of hydrogen-bond donors (Lipinski definition) is 2. The molecule has 0 spiro atoms. The van der Waals surface area contributed by atoms with Gasteiger partial charge in [-0.15, -0.1) is 11.3 Å². The predicted octanol–water partition coefficient (Wildman–Crippen LogP) is 1.86. The maximum absolute atomic E-state index is 9.42. The Balaban J connectivity index is 1.97. The fraction of sp³-hybridized carbons (Fsp3) is 0.600. The highest BCUT2D eigenvalue weighted by Crippen LogP contribution is 2.34. The van der Waals surface area contributed by atoms with Crippen molar-refractivity contribution < 1.29 is 5.11 Å². The fourth-order valence-corrected chi connectivity index (χ4v) is 3.98. The molecule has 2 N–H and O–H groups in total. The first-order valence-corrected chi connectivity index (χ1v) is 8.32. The lowest BCUT2D eigenvalue weighted by Crippen LogP contribution is -2.39. The van der Waals surface area contributed by atoms with Gasteiger partial charge in [-0.1, -0.05) is 0 Å². The number of aryl methyl sites for hydroxylation is 2. The minimum Gasteiger partial charge on any atom is -0.395 e. The van der Waals surface area contributed by atoms with E-state index in [0.717, 1.165) is 29.1 Å². The first-order chi connectivity index (χ1) is 10.2. The lowest BCUT2D eigenvalue weighted by Gasteiger charge is -2.26. The van der Waals surface area contributed by atoms with Gasteiger partial charge < -0.3 is 15.3 Å². The molecule has 21 heavy (non-hydrogen) atoms. The molecule has 0 radical (unpaired) electrons. The molecular formula is C15H22N4OS. The smallest absolute Gasteiger partial charge is 0.141 e. The third-order valence-electron chi connectivity index (χ3n) is 4.22. The van der Waals surface area contributed by atoms with Gasteiger partial charge in [0.1, 0.15) is 17.0 Å². The number of anilines is 1. The van der Waals surface area contributed by atoms with Gasteiger partial charge in [-0.3, -0.25) is 0 Å². The number of aliphatic hydroxyl groups is 1. The molecule has 0 bridgehead atoms. The summed E-state index contributed by atoms with van der Waals surface area (Å²) in [5, 5.41) is 14.1. The first kappa shape index (κ1) is 14.7.